The number of nitrogens with two attached hydrogens (primary N) is 1. The first-order chi connectivity index (χ1) is 6.78. The summed E-state index contributed by atoms with van der Waals surface area (Å²) in [6.07, 6.45) is 7.00. The van der Waals surface area contributed by atoms with E-state index in [4.69, 9.17) is 5.73 Å². The number of hydrogen-bond donors (Lipinski definition) is 1. The van der Waals surface area contributed by atoms with E-state index in [1.54, 1.807) is 0 Å². The van der Waals surface area contributed by atoms with E-state index in [-0.39, 0.29) is 0 Å². The van der Waals surface area contributed by atoms with Gasteiger partial charge in [0.15, 0.2) is 0 Å². The third-order valence-electron chi connectivity index (χ3n) is 3.30. The highest BCUT2D eigenvalue weighted by Gasteiger charge is 2.41. The minimum absolute atomic E-state index is 0.575. The molecule has 2 rings (SSSR count). The van der Waals surface area contributed by atoms with Crippen LogP contribution in [-0.4, -0.2) is 16.3 Å². The standard InChI is InChI=1S/C11H19N3/c1-2-11(5-6-11)9-14-8-4-10(13-14)3-7-12/h4,8H,2-3,5-7,9,12H2,1H3. The summed E-state index contributed by atoms with van der Waals surface area (Å²) < 4.78 is 2.08. The molecule has 0 amide bonds. The van der Waals surface area contributed by atoms with Gasteiger partial charge >= 0.3 is 0 Å². The van der Waals surface area contributed by atoms with Gasteiger partial charge in [0.2, 0.25) is 0 Å². The molecule has 78 valence electrons. The number of nitrogens with zero attached hydrogens (tertiary/aromatic N) is 2. The molecule has 1 aromatic rings. The molecule has 2 N–H and O–H groups in total. The van der Waals surface area contributed by atoms with Crippen LogP contribution in [0.3, 0.4) is 0 Å². The average Bonchev–Trinajstić information content (AvgIpc) is 2.82. The van der Waals surface area contributed by atoms with Gasteiger partial charge in [0, 0.05) is 19.2 Å². The number of hydrogen-bond acceptors (Lipinski definition) is 2. The highest BCUT2D eigenvalue weighted by Crippen LogP contribution is 2.49. The normalized spacial score (nSPS) is 18.4. The van der Waals surface area contributed by atoms with Crippen LogP contribution in [0.15, 0.2) is 12.3 Å². The summed E-state index contributed by atoms with van der Waals surface area (Å²) in [7, 11) is 0. The first-order valence-electron chi connectivity index (χ1n) is 5.50. The van der Waals surface area contributed by atoms with Crippen molar-refractivity contribution < 1.29 is 0 Å². The Morgan fingerprint density at radius 2 is 2.36 bits per heavy atom. The summed E-state index contributed by atoms with van der Waals surface area (Å²) in [6, 6.07) is 2.08. The third kappa shape index (κ3) is 1.98. The molecule has 0 aliphatic heterocycles. The van der Waals surface area contributed by atoms with Gasteiger partial charge in [-0.1, -0.05) is 6.92 Å². The van der Waals surface area contributed by atoms with Crippen molar-refractivity contribution in [3.8, 4) is 0 Å². The molecular formula is C11H19N3. The Morgan fingerprint density at radius 1 is 1.57 bits per heavy atom. The van der Waals surface area contributed by atoms with E-state index in [9.17, 15) is 0 Å². The topological polar surface area (TPSA) is 43.8 Å². The van der Waals surface area contributed by atoms with Gasteiger partial charge in [0.25, 0.3) is 0 Å². The van der Waals surface area contributed by atoms with E-state index in [1.165, 1.54) is 19.3 Å². The number of aromatic nitrogens is 2. The minimum atomic E-state index is 0.575. The van der Waals surface area contributed by atoms with Crippen molar-refractivity contribution in [2.75, 3.05) is 6.54 Å². The molecule has 0 aromatic carbocycles. The lowest BCUT2D eigenvalue weighted by Crippen LogP contribution is -2.12. The summed E-state index contributed by atoms with van der Waals surface area (Å²) in [5, 5.41) is 4.51. The van der Waals surface area contributed by atoms with Crippen LogP contribution in [0.2, 0.25) is 0 Å². The highest BCUT2D eigenvalue weighted by molar-refractivity contribution is 5.01. The maximum Gasteiger partial charge on any atom is 0.0637 e. The molecule has 0 unspecified atom stereocenters. The van der Waals surface area contributed by atoms with E-state index in [0.29, 0.717) is 12.0 Å². The molecule has 1 aliphatic rings. The Balaban J connectivity index is 1.96. The van der Waals surface area contributed by atoms with E-state index in [2.05, 4.69) is 29.0 Å². The van der Waals surface area contributed by atoms with Gasteiger partial charge in [-0.15, -0.1) is 0 Å². The molecule has 1 fully saturated rings. The zero-order chi connectivity index (χ0) is 10.0. The van der Waals surface area contributed by atoms with Crippen LogP contribution in [0.5, 0.6) is 0 Å². The van der Waals surface area contributed by atoms with Crippen molar-refractivity contribution in [3.05, 3.63) is 18.0 Å². The van der Waals surface area contributed by atoms with Gasteiger partial charge in [-0.05, 0) is 37.3 Å². The molecule has 3 nitrogen and oxygen atoms in total. The second kappa shape index (κ2) is 3.73. The van der Waals surface area contributed by atoms with Crippen molar-refractivity contribution in [2.24, 2.45) is 11.1 Å². The molecule has 0 spiro atoms. The van der Waals surface area contributed by atoms with Crippen LogP contribution in [0, 0.1) is 5.41 Å². The van der Waals surface area contributed by atoms with Crippen LogP contribution in [0.1, 0.15) is 31.9 Å². The molecule has 14 heavy (non-hydrogen) atoms. The number of rotatable bonds is 5. The zero-order valence-corrected chi connectivity index (χ0v) is 8.87. The largest absolute Gasteiger partial charge is 0.330 e. The Bertz CT molecular complexity index is 299. The Labute approximate surface area is 85.3 Å². The smallest absolute Gasteiger partial charge is 0.0637 e. The van der Waals surface area contributed by atoms with E-state index >= 15 is 0 Å². The molecule has 3 heteroatoms. The summed E-state index contributed by atoms with van der Waals surface area (Å²) >= 11 is 0. The first-order valence-corrected chi connectivity index (χ1v) is 5.50. The predicted molar refractivity (Wildman–Crippen MR) is 56.9 cm³/mol. The molecule has 1 aromatic heterocycles. The molecule has 1 heterocycles. The molecule has 0 saturated heterocycles. The monoisotopic (exact) mass is 193 g/mol. The average molecular weight is 193 g/mol. The van der Waals surface area contributed by atoms with Crippen LogP contribution >= 0.6 is 0 Å². The maximum absolute atomic E-state index is 5.49. The molecule has 0 atom stereocenters. The van der Waals surface area contributed by atoms with Crippen molar-refractivity contribution in [1.29, 1.82) is 0 Å². The molecule has 0 radical (unpaired) electrons. The fourth-order valence-corrected chi connectivity index (χ4v) is 1.92. The van der Waals surface area contributed by atoms with Crippen molar-refractivity contribution in [2.45, 2.75) is 39.2 Å². The molecule has 1 saturated carbocycles. The van der Waals surface area contributed by atoms with Crippen LogP contribution in [0.4, 0.5) is 0 Å². The molecule has 0 bridgehead atoms. The lowest BCUT2D eigenvalue weighted by atomic mass is 10.0. The summed E-state index contributed by atoms with van der Waals surface area (Å²) in [6.45, 7) is 4.06. The van der Waals surface area contributed by atoms with E-state index in [0.717, 1.165) is 18.7 Å². The van der Waals surface area contributed by atoms with Crippen LogP contribution in [-0.2, 0) is 13.0 Å². The Morgan fingerprint density at radius 3 is 2.93 bits per heavy atom. The van der Waals surface area contributed by atoms with Crippen LogP contribution < -0.4 is 5.73 Å². The third-order valence-corrected chi connectivity index (χ3v) is 3.30. The Hall–Kier alpha value is -0.830. The fourth-order valence-electron chi connectivity index (χ4n) is 1.92. The van der Waals surface area contributed by atoms with Gasteiger partial charge in [-0.25, -0.2) is 0 Å². The molecule has 1 aliphatic carbocycles. The van der Waals surface area contributed by atoms with E-state index < -0.39 is 0 Å². The second-order valence-electron chi connectivity index (χ2n) is 4.40. The Kier molecular flexibility index (Phi) is 2.59. The summed E-state index contributed by atoms with van der Waals surface area (Å²) in [4.78, 5) is 0. The lowest BCUT2D eigenvalue weighted by molar-refractivity contribution is 0.384. The van der Waals surface area contributed by atoms with E-state index in [1.807, 2.05) is 0 Å². The summed E-state index contributed by atoms with van der Waals surface area (Å²) in [5.41, 5.74) is 7.19. The SMILES string of the molecule is CCC1(Cn2ccc(CCN)n2)CC1. The van der Waals surface area contributed by atoms with Gasteiger partial charge < -0.3 is 5.73 Å². The van der Waals surface area contributed by atoms with Crippen molar-refractivity contribution in [3.63, 3.8) is 0 Å². The molecular weight excluding hydrogens is 174 g/mol. The zero-order valence-electron chi connectivity index (χ0n) is 8.87. The first kappa shape index (κ1) is 9.71. The summed E-state index contributed by atoms with van der Waals surface area (Å²) in [5.74, 6) is 0. The van der Waals surface area contributed by atoms with Gasteiger partial charge in [-0.3, -0.25) is 4.68 Å². The second-order valence-corrected chi connectivity index (χ2v) is 4.40. The van der Waals surface area contributed by atoms with Crippen molar-refractivity contribution in [1.82, 2.24) is 9.78 Å². The maximum atomic E-state index is 5.49. The highest BCUT2D eigenvalue weighted by atomic mass is 15.3. The quantitative estimate of drug-likeness (QED) is 0.771. The minimum Gasteiger partial charge on any atom is -0.330 e. The van der Waals surface area contributed by atoms with Crippen LogP contribution in [0.25, 0.3) is 0 Å². The lowest BCUT2D eigenvalue weighted by Gasteiger charge is -2.11. The van der Waals surface area contributed by atoms with Crippen molar-refractivity contribution >= 4 is 0 Å². The fraction of sp³-hybridized carbons (Fsp3) is 0.727. The van der Waals surface area contributed by atoms with Gasteiger partial charge in [-0.2, -0.15) is 5.10 Å². The van der Waals surface area contributed by atoms with Gasteiger partial charge in [0.1, 0.15) is 0 Å². The predicted octanol–water partition coefficient (Wildman–Crippen LogP) is 1.57. The van der Waals surface area contributed by atoms with Gasteiger partial charge in [0.05, 0.1) is 5.69 Å².